The van der Waals surface area contributed by atoms with Gasteiger partial charge >= 0.3 is 5.97 Å². The minimum atomic E-state index is -4.11. The molecule has 0 aromatic heterocycles. The summed E-state index contributed by atoms with van der Waals surface area (Å²) in [7, 11) is -4.11. The van der Waals surface area contributed by atoms with Gasteiger partial charge in [0.15, 0.2) is 14.6 Å². The van der Waals surface area contributed by atoms with E-state index in [-0.39, 0.29) is 0 Å². The second-order valence-corrected chi connectivity index (χ2v) is 8.09. The lowest BCUT2D eigenvalue weighted by Gasteiger charge is -2.19. The van der Waals surface area contributed by atoms with Crippen LogP contribution in [0.4, 0.5) is 5.69 Å². The van der Waals surface area contributed by atoms with E-state index in [0.717, 1.165) is 18.3 Å². The van der Waals surface area contributed by atoms with Gasteiger partial charge in [0, 0.05) is 10.2 Å². The number of hydrogen-bond donors (Lipinski definition) is 2. The van der Waals surface area contributed by atoms with Crippen LogP contribution < -0.4 is 5.32 Å². The maximum atomic E-state index is 11.9. The third-order valence-electron chi connectivity index (χ3n) is 2.72. The first-order valence-corrected chi connectivity index (χ1v) is 8.02. The molecule has 20 heavy (non-hydrogen) atoms. The summed E-state index contributed by atoms with van der Waals surface area (Å²) in [4.78, 5) is 22.6. The van der Waals surface area contributed by atoms with Crippen LogP contribution in [0, 0.1) is 0 Å². The van der Waals surface area contributed by atoms with Gasteiger partial charge in [-0.2, -0.15) is 0 Å². The number of rotatable bonds is 5. The molecule has 0 fully saturated rings. The standard InChI is InChI=1S/C12H14BrNO5S/c1-12(2,11(16)17)20(18,19)7-10(15)14-9-5-3-4-8(13)6-9/h3-6H,7H2,1-2H3,(H,14,15)(H,16,17). The number of hydrogen-bond acceptors (Lipinski definition) is 4. The van der Waals surface area contributed by atoms with E-state index in [2.05, 4.69) is 21.2 Å². The van der Waals surface area contributed by atoms with Crippen molar-refractivity contribution in [2.24, 2.45) is 0 Å². The smallest absolute Gasteiger partial charge is 0.324 e. The summed E-state index contributed by atoms with van der Waals surface area (Å²) in [6.07, 6.45) is 0. The fourth-order valence-corrected chi connectivity index (χ4v) is 2.69. The van der Waals surface area contributed by atoms with Crippen molar-refractivity contribution in [3.8, 4) is 0 Å². The molecule has 110 valence electrons. The summed E-state index contributed by atoms with van der Waals surface area (Å²) in [5.41, 5.74) is 0.424. The zero-order valence-corrected chi connectivity index (χ0v) is 13.3. The Labute approximate surface area is 125 Å². The van der Waals surface area contributed by atoms with Crippen LogP contribution in [0.5, 0.6) is 0 Å². The van der Waals surface area contributed by atoms with E-state index >= 15 is 0 Å². The van der Waals surface area contributed by atoms with Crippen LogP contribution in [0.15, 0.2) is 28.7 Å². The zero-order chi connectivity index (χ0) is 15.6. The Hall–Kier alpha value is -1.41. The van der Waals surface area contributed by atoms with E-state index in [4.69, 9.17) is 5.11 Å². The molecule has 1 rings (SSSR count). The van der Waals surface area contributed by atoms with Gasteiger partial charge < -0.3 is 10.4 Å². The predicted molar refractivity (Wildman–Crippen MR) is 78.3 cm³/mol. The molecule has 8 heteroatoms. The van der Waals surface area contributed by atoms with Crippen molar-refractivity contribution in [3.63, 3.8) is 0 Å². The Kier molecular flexibility index (Phi) is 4.93. The molecule has 0 bridgehead atoms. The van der Waals surface area contributed by atoms with Crippen LogP contribution in [0.2, 0.25) is 0 Å². The molecule has 0 radical (unpaired) electrons. The average Bonchev–Trinajstić information content (AvgIpc) is 2.27. The summed E-state index contributed by atoms with van der Waals surface area (Å²) in [6, 6.07) is 6.62. The van der Waals surface area contributed by atoms with Gasteiger partial charge in [0.1, 0.15) is 5.75 Å². The molecule has 1 aromatic rings. The molecule has 0 saturated carbocycles. The van der Waals surface area contributed by atoms with Crippen LogP contribution in [0.1, 0.15) is 13.8 Å². The number of carboxylic acids is 1. The Morgan fingerprint density at radius 3 is 2.45 bits per heavy atom. The Balaban J connectivity index is 2.84. The molecule has 0 spiro atoms. The molecular formula is C12H14BrNO5S. The van der Waals surface area contributed by atoms with Crippen molar-refractivity contribution in [3.05, 3.63) is 28.7 Å². The molecule has 6 nitrogen and oxygen atoms in total. The molecule has 0 aliphatic carbocycles. The highest BCUT2D eigenvalue weighted by atomic mass is 79.9. The topological polar surface area (TPSA) is 101 Å². The van der Waals surface area contributed by atoms with Crippen LogP contribution in [-0.4, -0.2) is 35.9 Å². The highest BCUT2D eigenvalue weighted by Gasteiger charge is 2.42. The van der Waals surface area contributed by atoms with E-state index in [9.17, 15) is 18.0 Å². The van der Waals surface area contributed by atoms with Crippen molar-refractivity contribution >= 4 is 43.3 Å². The maximum absolute atomic E-state index is 11.9. The zero-order valence-electron chi connectivity index (χ0n) is 10.9. The second-order valence-electron chi connectivity index (χ2n) is 4.63. The van der Waals surface area contributed by atoms with E-state index in [1.807, 2.05) is 0 Å². The van der Waals surface area contributed by atoms with Gasteiger partial charge in [-0.3, -0.25) is 9.59 Å². The molecule has 0 saturated heterocycles. The van der Waals surface area contributed by atoms with Gasteiger partial charge in [-0.25, -0.2) is 8.42 Å². The minimum Gasteiger partial charge on any atom is -0.480 e. The third kappa shape index (κ3) is 3.80. The molecule has 0 aliphatic rings. The fourth-order valence-electron chi connectivity index (χ4n) is 1.25. The number of carbonyl (C=O) groups excluding carboxylic acids is 1. The molecule has 0 atom stereocenters. The molecule has 1 aromatic carbocycles. The van der Waals surface area contributed by atoms with Gasteiger partial charge in [0.05, 0.1) is 0 Å². The van der Waals surface area contributed by atoms with Crippen molar-refractivity contribution in [1.29, 1.82) is 0 Å². The van der Waals surface area contributed by atoms with Crippen LogP contribution >= 0.6 is 15.9 Å². The summed E-state index contributed by atoms with van der Waals surface area (Å²) in [5, 5.41) is 11.3. The van der Waals surface area contributed by atoms with Crippen LogP contribution in [0.3, 0.4) is 0 Å². The molecule has 0 aliphatic heterocycles. The van der Waals surface area contributed by atoms with Crippen molar-refractivity contribution in [2.45, 2.75) is 18.6 Å². The summed E-state index contributed by atoms with van der Waals surface area (Å²) in [6.45, 7) is 2.11. The lowest BCUT2D eigenvalue weighted by atomic mass is 10.2. The average molecular weight is 364 g/mol. The largest absolute Gasteiger partial charge is 0.480 e. The number of benzene rings is 1. The van der Waals surface area contributed by atoms with Gasteiger partial charge in [-0.05, 0) is 32.0 Å². The number of halogens is 1. The molecule has 0 unspecified atom stereocenters. The Bertz CT molecular complexity index is 639. The highest BCUT2D eigenvalue weighted by molar-refractivity contribution is 9.10. The Morgan fingerprint density at radius 1 is 1.35 bits per heavy atom. The van der Waals surface area contributed by atoms with Crippen LogP contribution in [-0.2, 0) is 19.4 Å². The van der Waals surface area contributed by atoms with E-state index in [0.29, 0.717) is 5.69 Å². The van der Waals surface area contributed by atoms with E-state index < -0.39 is 32.2 Å². The van der Waals surface area contributed by atoms with Gasteiger partial charge in [-0.15, -0.1) is 0 Å². The molecular weight excluding hydrogens is 350 g/mol. The SMILES string of the molecule is CC(C)(C(=O)O)S(=O)(=O)CC(=O)Nc1cccc(Br)c1. The maximum Gasteiger partial charge on any atom is 0.324 e. The quantitative estimate of drug-likeness (QED) is 0.828. The van der Waals surface area contributed by atoms with E-state index in [1.54, 1.807) is 24.3 Å². The Morgan fingerprint density at radius 2 is 1.95 bits per heavy atom. The third-order valence-corrected chi connectivity index (χ3v) is 5.59. The summed E-state index contributed by atoms with van der Waals surface area (Å²) < 4.78 is 22.5. The first-order valence-electron chi connectivity index (χ1n) is 5.57. The number of nitrogens with one attached hydrogen (secondary N) is 1. The molecule has 1 amide bonds. The predicted octanol–water partition coefficient (Wildman–Crippen LogP) is 1.67. The highest BCUT2D eigenvalue weighted by Crippen LogP contribution is 2.19. The van der Waals surface area contributed by atoms with Crippen molar-refractivity contribution in [2.75, 3.05) is 11.1 Å². The first-order chi connectivity index (χ1) is 9.06. The monoisotopic (exact) mass is 363 g/mol. The van der Waals surface area contributed by atoms with Crippen molar-refractivity contribution < 1.29 is 23.1 Å². The second kappa shape index (κ2) is 5.92. The fraction of sp³-hybridized carbons (Fsp3) is 0.333. The molecule has 2 N–H and O–H groups in total. The molecule has 0 heterocycles. The number of carboxylic acid groups (broad SMARTS) is 1. The number of sulfone groups is 1. The van der Waals surface area contributed by atoms with Crippen LogP contribution in [0.25, 0.3) is 0 Å². The number of carbonyl (C=O) groups is 2. The number of anilines is 1. The van der Waals surface area contributed by atoms with Gasteiger partial charge in [0.25, 0.3) is 0 Å². The normalized spacial score (nSPS) is 11.9. The van der Waals surface area contributed by atoms with Gasteiger partial charge in [-0.1, -0.05) is 22.0 Å². The lowest BCUT2D eigenvalue weighted by Crippen LogP contribution is -2.44. The van der Waals surface area contributed by atoms with Gasteiger partial charge in [0.2, 0.25) is 5.91 Å². The minimum absolute atomic E-state index is 0.424. The van der Waals surface area contributed by atoms with Crippen molar-refractivity contribution in [1.82, 2.24) is 0 Å². The summed E-state index contributed by atoms with van der Waals surface area (Å²) in [5.74, 6) is -3.16. The lowest BCUT2D eigenvalue weighted by molar-refractivity contribution is -0.139. The number of aliphatic carboxylic acids is 1. The summed E-state index contributed by atoms with van der Waals surface area (Å²) >= 11 is 3.22. The number of amides is 1. The first kappa shape index (κ1) is 16.6. The van der Waals surface area contributed by atoms with E-state index in [1.165, 1.54) is 0 Å².